The summed E-state index contributed by atoms with van der Waals surface area (Å²) in [5, 5.41) is 11.4. The van der Waals surface area contributed by atoms with Gasteiger partial charge in [-0.15, -0.1) is 5.10 Å². The summed E-state index contributed by atoms with van der Waals surface area (Å²) in [4.78, 5) is 16.0. The SMILES string of the molecule is CC(C)=C(Cn1nncc1CCCCc1cnc2c(c1)CCC(=O)N2)c1ccc(F)c(OCC2CC2)c1. The van der Waals surface area contributed by atoms with Crippen LogP contribution in [-0.2, 0) is 30.6 Å². The van der Waals surface area contributed by atoms with Crippen molar-refractivity contribution in [2.45, 2.75) is 71.8 Å². The van der Waals surface area contributed by atoms with Gasteiger partial charge in [-0.3, -0.25) is 4.79 Å². The molecular formula is C29H34FN5O2. The molecule has 0 radical (unpaired) electrons. The van der Waals surface area contributed by atoms with Crippen LogP contribution in [0.1, 0.15) is 68.3 Å². The number of hydrogen-bond donors (Lipinski definition) is 1. The molecule has 5 rings (SSSR count). The summed E-state index contributed by atoms with van der Waals surface area (Å²) in [6, 6.07) is 7.29. The van der Waals surface area contributed by atoms with E-state index in [1.807, 2.05) is 29.2 Å². The second-order valence-corrected chi connectivity index (χ2v) is 10.4. The first-order valence-electron chi connectivity index (χ1n) is 13.2. The third-order valence-electron chi connectivity index (χ3n) is 7.11. The molecule has 8 heteroatoms. The fraction of sp³-hybridized carbons (Fsp3) is 0.448. The quantitative estimate of drug-likeness (QED) is 0.347. The smallest absolute Gasteiger partial charge is 0.225 e. The standard InChI is InChI=1S/C29H34FN5O2/c1-19(2)25(22-9-11-26(30)27(14-22)37-18-20-7-8-20)17-35-24(16-32-34-35)6-4-3-5-21-13-23-10-12-28(36)33-29(23)31-15-21/h9,11,13-16,20H,3-8,10,12,17-18H2,1-2H3,(H,31,33,36). The molecule has 3 heterocycles. The van der Waals surface area contributed by atoms with Crippen LogP contribution in [-0.4, -0.2) is 32.5 Å². The lowest BCUT2D eigenvalue weighted by atomic mass is 10.0. The highest BCUT2D eigenvalue weighted by atomic mass is 19.1. The zero-order chi connectivity index (χ0) is 25.8. The number of halogens is 1. The van der Waals surface area contributed by atoms with E-state index in [0.29, 0.717) is 37.1 Å². The zero-order valence-electron chi connectivity index (χ0n) is 21.6. The Hall–Kier alpha value is -3.55. The van der Waals surface area contributed by atoms with Gasteiger partial charge in [-0.05, 0) is 99.1 Å². The number of ether oxygens (including phenoxy) is 1. The number of carbonyl (C=O) groups is 1. The second kappa shape index (κ2) is 11.2. The van der Waals surface area contributed by atoms with Gasteiger partial charge in [0, 0.05) is 12.6 Å². The molecule has 0 saturated heterocycles. The molecule has 0 bridgehead atoms. The molecule has 0 atom stereocenters. The van der Waals surface area contributed by atoms with Crippen LogP contribution >= 0.6 is 0 Å². The Labute approximate surface area is 217 Å². The highest BCUT2D eigenvalue weighted by Gasteiger charge is 2.23. The van der Waals surface area contributed by atoms with Crippen LogP contribution in [0, 0.1) is 11.7 Å². The summed E-state index contributed by atoms with van der Waals surface area (Å²) in [5.74, 6) is 1.30. The number of amides is 1. The van der Waals surface area contributed by atoms with Crippen LogP contribution in [0.4, 0.5) is 10.2 Å². The minimum Gasteiger partial charge on any atom is -0.490 e. The topological polar surface area (TPSA) is 81.9 Å². The van der Waals surface area contributed by atoms with E-state index in [1.54, 1.807) is 0 Å². The lowest BCUT2D eigenvalue weighted by Crippen LogP contribution is -2.20. The predicted octanol–water partition coefficient (Wildman–Crippen LogP) is 5.54. The van der Waals surface area contributed by atoms with Gasteiger partial charge in [-0.2, -0.15) is 0 Å². The lowest BCUT2D eigenvalue weighted by molar-refractivity contribution is -0.116. The van der Waals surface area contributed by atoms with Gasteiger partial charge in [0.2, 0.25) is 5.91 Å². The van der Waals surface area contributed by atoms with Crippen molar-refractivity contribution in [1.82, 2.24) is 20.0 Å². The monoisotopic (exact) mass is 503 g/mol. The normalized spacial score (nSPS) is 14.7. The molecule has 1 fully saturated rings. The van der Waals surface area contributed by atoms with Crippen LogP contribution in [0.15, 0.2) is 42.2 Å². The summed E-state index contributed by atoms with van der Waals surface area (Å²) in [5.41, 5.74) is 6.59. The van der Waals surface area contributed by atoms with Gasteiger partial charge in [-0.25, -0.2) is 14.1 Å². The van der Waals surface area contributed by atoms with Gasteiger partial charge >= 0.3 is 0 Å². The number of hydrogen-bond acceptors (Lipinski definition) is 5. The number of aryl methyl sites for hydroxylation is 3. The van der Waals surface area contributed by atoms with Gasteiger partial charge in [0.15, 0.2) is 11.6 Å². The van der Waals surface area contributed by atoms with Crippen molar-refractivity contribution in [2.24, 2.45) is 5.92 Å². The van der Waals surface area contributed by atoms with E-state index < -0.39 is 0 Å². The Morgan fingerprint density at radius 1 is 1.14 bits per heavy atom. The summed E-state index contributed by atoms with van der Waals surface area (Å²) >= 11 is 0. The Kier molecular flexibility index (Phi) is 7.63. The summed E-state index contributed by atoms with van der Waals surface area (Å²) < 4.78 is 22.1. The number of anilines is 1. The summed E-state index contributed by atoms with van der Waals surface area (Å²) in [7, 11) is 0. The molecular weight excluding hydrogens is 469 g/mol. The molecule has 1 aromatic carbocycles. The van der Waals surface area contributed by atoms with Gasteiger partial charge in [0.25, 0.3) is 0 Å². The number of nitrogens with zero attached hydrogens (tertiary/aromatic N) is 4. The molecule has 3 aromatic rings. The average molecular weight is 504 g/mol. The Morgan fingerprint density at radius 2 is 1.97 bits per heavy atom. The number of pyridine rings is 1. The van der Waals surface area contributed by atoms with Gasteiger partial charge in [-0.1, -0.05) is 22.9 Å². The van der Waals surface area contributed by atoms with Crippen LogP contribution in [0.2, 0.25) is 0 Å². The minimum absolute atomic E-state index is 0.0380. The van der Waals surface area contributed by atoms with Crippen LogP contribution in [0.5, 0.6) is 5.75 Å². The summed E-state index contributed by atoms with van der Waals surface area (Å²) in [6.45, 7) is 5.29. The molecule has 1 N–H and O–H groups in total. The molecule has 2 aromatic heterocycles. The summed E-state index contributed by atoms with van der Waals surface area (Å²) in [6.07, 6.45) is 11.1. The highest BCUT2D eigenvalue weighted by molar-refractivity contribution is 5.92. The second-order valence-electron chi connectivity index (χ2n) is 10.4. The van der Waals surface area contributed by atoms with Crippen molar-refractivity contribution in [3.63, 3.8) is 0 Å². The zero-order valence-corrected chi connectivity index (χ0v) is 21.6. The first-order chi connectivity index (χ1) is 18.0. The first kappa shape index (κ1) is 25.1. The maximum atomic E-state index is 14.4. The van der Waals surface area contributed by atoms with Gasteiger partial charge in [0.1, 0.15) is 5.82 Å². The molecule has 1 saturated carbocycles. The number of benzene rings is 1. The van der Waals surface area contributed by atoms with E-state index in [4.69, 9.17) is 4.74 Å². The molecule has 1 aliphatic carbocycles. The number of unbranched alkanes of at least 4 members (excludes halogenated alkanes) is 1. The van der Waals surface area contributed by atoms with E-state index in [-0.39, 0.29) is 11.7 Å². The minimum atomic E-state index is -0.321. The van der Waals surface area contributed by atoms with E-state index in [9.17, 15) is 9.18 Å². The van der Waals surface area contributed by atoms with Crippen LogP contribution < -0.4 is 10.1 Å². The van der Waals surface area contributed by atoms with Crippen LogP contribution in [0.3, 0.4) is 0 Å². The number of nitrogens with one attached hydrogen (secondary N) is 1. The number of allylic oxidation sites excluding steroid dienone is 2. The number of aromatic nitrogens is 4. The Morgan fingerprint density at radius 3 is 2.78 bits per heavy atom. The molecule has 1 aliphatic heterocycles. The highest BCUT2D eigenvalue weighted by Crippen LogP contribution is 2.32. The first-order valence-corrected chi connectivity index (χ1v) is 13.2. The fourth-order valence-corrected chi connectivity index (χ4v) is 4.66. The van der Waals surface area contributed by atoms with Crippen molar-refractivity contribution >= 4 is 17.3 Å². The van der Waals surface area contributed by atoms with E-state index in [0.717, 1.165) is 60.1 Å². The van der Waals surface area contributed by atoms with E-state index in [1.165, 1.54) is 24.5 Å². The molecule has 7 nitrogen and oxygen atoms in total. The lowest BCUT2D eigenvalue weighted by Gasteiger charge is -2.16. The van der Waals surface area contributed by atoms with Crippen LogP contribution in [0.25, 0.3) is 5.57 Å². The maximum absolute atomic E-state index is 14.4. The fourth-order valence-electron chi connectivity index (χ4n) is 4.66. The molecule has 2 aliphatic rings. The molecule has 1 amide bonds. The third kappa shape index (κ3) is 6.42. The average Bonchev–Trinajstić information content (AvgIpc) is 3.61. The van der Waals surface area contributed by atoms with Crippen molar-refractivity contribution in [2.75, 3.05) is 11.9 Å². The van der Waals surface area contributed by atoms with Crippen molar-refractivity contribution in [3.8, 4) is 5.75 Å². The number of fused-ring (bicyclic) bond motifs is 1. The predicted molar refractivity (Wildman–Crippen MR) is 141 cm³/mol. The molecule has 194 valence electrons. The number of rotatable bonds is 11. The Balaban J connectivity index is 1.19. The molecule has 0 spiro atoms. The molecule has 0 unspecified atom stereocenters. The van der Waals surface area contributed by atoms with Crippen molar-refractivity contribution in [3.05, 3.63) is 70.4 Å². The number of carbonyl (C=O) groups excluding carboxylic acids is 1. The molecule has 37 heavy (non-hydrogen) atoms. The van der Waals surface area contributed by atoms with Gasteiger partial charge < -0.3 is 10.1 Å². The maximum Gasteiger partial charge on any atom is 0.225 e. The van der Waals surface area contributed by atoms with Crippen molar-refractivity contribution in [1.29, 1.82) is 0 Å². The van der Waals surface area contributed by atoms with E-state index >= 15 is 0 Å². The largest absolute Gasteiger partial charge is 0.490 e. The Bertz CT molecular complexity index is 1310. The van der Waals surface area contributed by atoms with Gasteiger partial charge in [0.05, 0.1) is 25.0 Å². The van der Waals surface area contributed by atoms with Crippen molar-refractivity contribution < 1.29 is 13.9 Å². The van der Waals surface area contributed by atoms with E-state index in [2.05, 4.69) is 40.5 Å². The third-order valence-corrected chi connectivity index (χ3v) is 7.11.